The lowest BCUT2D eigenvalue weighted by Gasteiger charge is -2.38. The van der Waals surface area contributed by atoms with Crippen molar-refractivity contribution in [3.63, 3.8) is 0 Å². The van der Waals surface area contributed by atoms with Crippen LogP contribution in [-0.2, 0) is 4.74 Å². The van der Waals surface area contributed by atoms with E-state index in [-0.39, 0.29) is 13.0 Å². The van der Waals surface area contributed by atoms with Crippen LogP contribution in [0, 0.1) is 0 Å². The summed E-state index contributed by atoms with van der Waals surface area (Å²) in [5, 5.41) is 9.62. The van der Waals surface area contributed by atoms with Gasteiger partial charge in [0, 0.05) is 6.54 Å². The zero-order valence-corrected chi connectivity index (χ0v) is 10.3. The predicted octanol–water partition coefficient (Wildman–Crippen LogP) is 1.72. The Balaban J connectivity index is 2.55. The maximum absolute atomic E-state index is 13.5. The van der Waals surface area contributed by atoms with Crippen LogP contribution in [0.2, 0.25) is 0 Å². The molecule has 0 aromatic rings. The van der Waals surface area contributed by atoms with Crippen LogP contribution in [-0.4, -0.2) is 46.6 Å². The number of piperidine rings is 1. The van der Waals surface area contributed by atoms with Crippen LogP contribution < -0.4 is 0 Å². The van der Waals surface area contributed by atoms with E-state index in [0.29, 0.717) is 6.54 Å². The molecule has 4 nitrogen and oxygen atoms in total. The Morgan fingerprint density at radius 3 is 2.56 bits per heavy atom. The van der Waals surface area contributed by atoms with Gasteiger partial charge in [0.25, 0.3) is 0 Å². The first-order valence-corrected chi connectivity index (χ1v) is 5.46. The molecule has 1 aliphatic rings. The van der Waals surface area contributed by atoms with E-state index in [1.165, 1.54) is 11.8 Å². The molecule has 0 saturated carbocycles. The molecule has 2 atom stereocenters. The van der Waals surface area contributed by atoms with E-state index in [1.54, 1.807) is 20.8 Å². The maximum atomic E-state index is 13.5. The van der Waals surface area contributed by atoms with E-state index in [4.69, 9.17) is 4.74 Å². The van der Waals surface area contributed by atoms with Crippen molar-refractivity contribution in [1.29, 1.82) is 0 Å². The third-order valence-electron chi connectivity index (χ3n) is 2.60. The highest BCUT2D eigenvalue weighted by molar-refractivity contribution is 5.68. The van der Waals surface area contributed by atoms with Crippen LogP contribution >= 0.6 is 0 Å². The van der Waals surface area contributed by atoms with Gasteiger partial charge in [-0.25, -0.2) is 9.18 Å². The Bertz CT molecular complexity index is 273. The lowest BCUT2D eigenvalue weighted by molar-refractivity contribution is -0.0734. The molecule has 16 heavy (non-hydrogen) atoms. The second kappa shape index (κ2) is 4.20. The van der Waals surface area contributed by atoms with Crippen molar-refractivity contribution in [3.8, 4) is 0 Å². The molecule has 1 rings (SSSR count). The molecule has 0 aromatic heterocycles. The van der Waals surface area contributed by atoms with E-state index >= 15 is 0 Å². The molecule has 0 spiro atoms. The number of alkyl halides is 1. The molecule has 0 aromatic carbocycles. The lowest BCUT2D eigenvalue weighted by Crippen LogP contribution is -2.54. The molecule has 1 N–H and O–H groups in total. The quantitative estimate of drug-likeness (QED) is 0.693. The van der Waals surface area contributed by atoms with Crippen LogP contribution in [0.3, 0.4) is 0 Å². The average molecular weight is 233 g/mol. The standard InChI is InChI=1S/C11H20FNO3/c1-10(2,3)16-9(14)13-6-5-11(4,15)8(12)7-13/h8,15H,5-7H2,1-4H3/t8-,11-/m0/s1. The molecule has 1 fully saturated rings. The molecule has 1 aliphatic heterocycles. The average Bonchev–Trinajstić information content (AvgIpc) is 2.06. The topological polar surface area (TPSA) is 49.8 Å². The fourth-order valence-electron chi connectivity index (χ4n) is 1.49. The van der Waals surface area contributed by atoms with Gasteiger partial charge in [-0.2, -0.15) is 0 Å². The summed E-state index contributed by atoms with van der Waals surface area (Å²) in [6, 6.07) is 0. The van der Waals surface area contributed by atoms with Gasteiger partial charge in [-0.05, 0) is 34.1 Å². The van der Waals surface area contributed by atoms with E-state index in [0.717, 1.165) is 0 Å². The van der Waals surface area contributed by atoms with E-state index in [9.17, 15) is 14.3 Å². The number of nitrogens with zero attached hydrogens (tertiary/aromatic N) is 1. The summed E-state index contributed by atoms with van der Waals surface area (Å²) in [4.78, 5) is 12.9. The number of carbonyl (C=O) groups excluding carboxylic acids is 1. The molecule has 0 bridgehead atoms. The summed E-state index contributed by atoms with van der Waals surface area (Å²) in [6.45, 7) is 6.95. The Labute approximate surface area is 95.4 Å². The first-order chi connectivity index (χ1) is 7.12. The van der Waals surface area contributed by atoms with Gasteiger partial charge in [0.2, 0.25) is 0 Å². The molecule has 0 aliphatic carbocycles. The van der Waals surface area contributed by atoms with Gasteiger partial charge in [-0.1, -0.05) is 0 Å². The number of ether oxygens (including phenoxy) is 1. The largest absolute Gasteiger partial charge is 0.444 e. The zero-order chi connectivity index (χ0) is 12.6. The smallest absolute Gasteiger partial charge is 0.410 e. The summed E-state index contributed by atoms with van der Waals surface area (Å²) in [7, 11) is 0. The summed E-state index contributed by atoms with van der Waals surface area (Å²) < 4.78 is 18.6. The van der Waals surface area contributed by atoms with Gasteiger partial charge in [0.05, 0.1) is 12.1 Å². The Hall–Kier alpha value is -0.840. The SMILES string of the molecule is CC(C)(C)OC(=O)N1CC[C@](C)(O)[C@@H](F)C1. The first-order valence-electron chi connectivity index (χ1n) is 5.46. The molecule has 94 valence electrons. The minimum atomic E-state index is -1.42. The van der Waals surface area contributed by atoms with Crippen molar-refractivity contribution in [1.82, 2.24) is 4.90 Å². The minimum absolute atomic E-state index is 0.109. The second-order valence-electron chi connectivity index (χ2n) is 5.50. The summed E-state index contributed by atoms with van der Waals surface area (Å²) in [5.41, 5.74) is -1.92. The Morgan fingerprint density at radius 2 is 2.12 bits per heavy atom. The van der Waals surface area contributed by atoms with Crippen molar-refractivity contribution in [2.75, 3.05) is 13.1 Å². The third-order valence-corrected chi connectivity index (χ3v) is 2.60. The number of aliphatic hydroxyl groups is 1. The minimum Gasteiger partial charge on any atom is -0.444 e. The van der Waals surface area contributed by atoms with E-state index in [1.807, 2.05) is 0 Å². The highest BCUT2D eigenvalue weighted by Crippen LogP contribution is 2.25. The fourth-order valence-corrected chi connectivity index (χ4v) is 1.49. The monoisotopic (exact) mass is 233 g/mol. The number of carbonyl (C=O) groups is 1. The molecular weight excluding hydrogens is 213 g/mol. The predicted molar refractivity (Wildman–Crippen MR) is 57.9 cm³/mol. The van der Waals surface area contributed by atoms with Crippen molar-refractivity contribution >= 4 is 6.09 Å². The van der Waals surface area contributed by atoms with Crippen LogP contribution in [0.4, 0.5) is 9.18 Å². The summed E-state index contributed by atoms with van der Waals surface area (Å²) in [5.74, 6) is 0. The highest BCUT2D eigenvalue weighted by Gasteiger charge is 2.40. The summed E-state index contributed by atoms with van der Waals surface area (Å²) >= 11 is 0. The van der Waals surface area contributed by atoms with Gasteiger partial charge in [0.1, 0.15) is 11.8 Å². The van der Waals surface area contributed by atoms with Crippen LogP contribution in [0.15, 0.2) is 0 Å². The number of hydrogen-bond acceptors (Lipinski definition) is 3. The van der Waals surface area contributed by atoms with Crippen molar-refractivity contribution in [2.24, 2.45) is 0 Å². The van der Waals surface area contributed by atoms with Crippen molar-refractivity contribution in [2.45, 2.75) is 51.5 Å². The Morgan fingerprint density at radius 1 is 1.56 bits per heavy atom. The third kappa shape index (κ3) is 3.33. The van der Waals surface area contributed by atoms with Gasteiger partial charge < -0.3 is 14.7 Å². The first kappa shape index (κ1) is 13.2. The number of likely N-dealkylation sites (tertiary alicyclic amines) is 1. The normalized spacial score (nSPS) is 31.4. The summed E-state index contributed by atoms with van der Waals surface area (Å²) in [6.07, 6.45) is -1.72. The number of hydrogen-bond donors (Lipinski definition) is 1. The van der Waals surface area contributed by atoms with Gasteiger partial charge in [-0.15, -0.1) is 0 Å². The highest BCUT2D eigenvalue weighted by atomic mass is 19.1. The number of rotatable bonds is 0. The van der Waals surface area contributed by atoms with E-state index < -0.39 is 23.5 Å². The molecule has 1 saturated heterocycles. The van der Waals surface area contributed by atoms with Gasteiger partial charge in [-0.3, -0.25) is 0 Å². The van der Waals surface area contributed by atoms with Gasteiger partial charge >= 0.3 is 6.09 Å². The number of halogens is 1. The van der Waals surface area contributed by atoms with Crippen LogP contribution in [0.1, 0.15) is 34.1 Å². The van der Waals surface area contributed by atoms with Crippen LogP contribution in [0.25, 0.3) is 0 Å². The number of amides is 1. The van der Waals surface area contributed by atoms with Crippen LogP contribution in [0.5, 0.6) is 0 Å². The van der Waals surface area contributed by atoms with Gasteiger partial charge in [0.15, 0.2) is 0 Å². The second-order valence-corrected chi connectivity index (χ2v) is 5.50. The van der Waals surface area contributed by atoms with E-state index in [2.05, 4.69) is 0 Å². The molecule has 1 heterocycles. The molecule has 0 unspecified atom stereocenters. The molecule has 5 heteroatoms. The van der Waals surface area contributed by atoms with Crippen molar-refractivity contribution in [3.05, 3.63) is 0 Å². The molecular formula is C11H20FNO3. The maximum Gasteiger partial charge on any atom is 0.410 e. The molecule has 1 amide bonds. The zero-order valence-electron chi connectivity index (χ0n) is 10.3. The Kier molecular flexibility index (Phi) is 3.47. The fraction of sp³-hybridized carbons (Fsp3) is 0.909. The molecule has 0 radical (unpaired) electrons. The van der Waals surface area contributed by atoms with Crippen molar-refractivity contribution < 1.29 is 19.0 Å². The lowest BCUT2D eigenvalue weighted by atomic mass is 9.92.